The topological polar surface area (TPSA) is 102 Å². The number of hydrogen-bond donors (Lipinski definition) is 1. The molecule has 1 amide bonds. The summed E-state index contributed by atoms with van der Waals surface area (Å²) in [5.74, 6) is -0.459. The van der Waals surface area contributed by atoms with Gasteiger partial charge in [-0.15, -0.1) is 0 Å². The number of methoxy groups -OCH3 is 2. The zero-order valence-corrected chi connectivity index (χ0v) is 19.3. The van der Waals surface area contributed by atoms with Crippen molar-refractivity contribution >= 4 is 34.0 Å². The Bertz CT molecular complexity index is 1500. The summed E-state index contributed by atoms with van der Waals surface area (Å²) in [5, 5.41) is 17.3. The maximum Gasteiger partial charge on any atom is 0.301 e. The lowest BCUT2D eigenvalue weighted by molar-refractivity contribution is -0.132. The Morgan fingerprint density at radius 2 is 1.74 bits per heavy atom. The van der Waals surface area contributed by atoms with Crippen LogP contribution in [0.2, 0.25) is 0 Å². The number of benzene rings is 3. The number of aryl methyl sites for hydroxylation is 1. The molecule has 2 heterocycles. The van der Waals surface area contributed by atoms with Crippen molar-refractivity contribution in [2.24, 2.45) is 0 Å². The van der Waals surface area contributed by atoms with Crippen LogP contribution in [0.25, 0.3) is 16.5 Å². The second-order valence-electron chi connectivity index (χ2n) is 8.13. The number of carbonyl (C=O) groups excluding carboxylic acids is 2. The minimum absolute atomic E-state index is 0.0857. The van der Waals surface area contributed by atoms with Gasteiger partial charge < -0.3 is 19.1 Å². The van der Waals surface area contributed by atoms with Crippen molar-refractivity contribution in [2.45, 2.75) is 13.0 Å². The van der Waals surface area contributed by atoms with E-state index in [1.165, 1.54) is 19.1 Å². The molecule has 8 nitrogen and oxygen atoms in total. The molecule has 0 saturated carbocycles. The molecule has 35 heavy (non-hydrogen) atoms. The van der Waals surface area contributed by atoms with E-state index in [1.807, 2.05) is 30.3 Å². The summed E-state index contributed by atoms with van der Waals surface area (Å²) in [7, 11) is 3.00. The molecule has 176 valence electrons. The van der Waals surface area contributed by atoms with Crippen molar-refractivity contribution in [1.82, 2.24) is 5.16 Å². The van der Waals surface area contributed by atoms with Crippen molar-refractivity contribution in [3.63, 3.8) is 0 Å². The van der Waals surface area contributed by atoms with E-state index in [4.69, 9.17) is 14.0 Å². The molecular weight excluding hydrogens is 448 g/mol. The number of Topliss-reactive ketones (excluding diaryl/α,β-unsaturated/α-hetero) is 1. The van der Waals surface area contributed by atoms with E-state index in [9.17, 15) is 14.7 Å². The molecule has 8 heteroatoms. The van der Waals surface area contributed by atoms with Crippen LogP contribution in [-0.2, 0) is 9.59 Å². The number of anilines is 1. The largest absolute Gasteiger partial charge is 0.507 e. The van der Waals surface area contributed by atoms with Crippen LogP contribution in [0.1, 0.15) is 22.9 Å². The van der Waals surface area contributed by atoms with Gasteiger partial charge >= 0.3 is 5.91 Å². The number of aromatic nitrogens is 1. The zero-order valence-electron chi connectivity index (χ0n) is 19.3. The number of aliphatic hydroxyl groups is 1. The van der Waals surface area contributed by atoms with Crippen LogP contribution >= 0.6 is 0 Å². The van der Waals surface area contributed by atoms with Gasteiger partial charge in [-0.3, -0.25) is 14.5 Å². The number of carbonyl (C=O) groups is 2. The van der Waals surface area contributed by atoms with E-state index in [0.717, 1.165) is 10.8 Å². The van der Waals surface area contributed by atoms with Crippen LogP contribution in [0.15, 0.2) is 76.8 Å². The molecule has 4 aromatic rings. The fourth-order valence-electron chi connectivity index (χ4n) is 4.38. The van der Waals surface area contributed by atoms with Crippen LogP contribution in [0.4, 0.5) is 5.82 Å². The third-order valence-corrected chi connectivity index (χ3v) is 6.06. The molecule has 1 fully saturated rings. The molecule has 5 rings (SSSR count). The molecule has 0 bridgehead atoms. The normalized spacial score (nSPS) is 17.2. The second kappa shape index (κ2) is 8.64. The molecule has 1 aliphatic heterocycles. The minimum atomic E-state index is -1.03. The Hall–Kier alpha value is -4.59. The molecule has 0 unspecified atom stereocenters. The third kappa shape index (κ3) is 3.69. The first-order chi connectivity index (χ1) is 16.9. The number of fused-ring (bicyclic) bond motifs is 1. The summed E-state index contributed by atoms with van der Waals surface area (Å²) in [4.78, 5) is 27.9. The van der Waals surface area contributed by atoms with Gasteiger partial charge in [0.15, 0.2) is 5.82 Å². The van der Waals surface area contributed by atoms with Gasteiger partial charge in [-0.2, -0.15) is 0 Å². The highest BCUT2D eigenvalue weighted by Gasteiger charge is 2.49. The number of aliphatic hydroxyl groups excluding tert-OH is 1. The summed E-state index contributed by atoms with van der Waals surface area (Å²) in [6, 6.07) is 18.6. The smallest absolute Gasteiger partial charge is 0.301 e. The van der Waals surface area contributed by atoms with Crippen molar-refractivity contribution in [1.29, 1.82) is 0 Å². The van der Waals surface area contributed by atoms with Crippen molar-refractivity contribution in [2.75, 3.05) is 19.1 Å². The zero-order chi connectivity index (χ0) is 24.7. The van der Waals surface area contributed by atoms with Gasteiger partial charge in [0, 0.05) is 17.2 Å². The van der Waals surface area contributed by atoms with Gasteiger partial charge in [-0.05, 0) is 42.0 Å². The van der Waals surface area contributed by atoms with E-state index >= 15 is 0 Å². The van der Waals surface area contributed by atoms with Gasteiger partial charge in [-0.1, -0.05) is 41.6 Å². The summed E-state index contributed by atoms with van der Waals surface area (Å²) in [5.41, 5.74) is 0.774. The lowest BCUT2D eigenvalue weighted by Crippen LogP contribution is -2.30. The number of hydrogen-bond acceptors (Lipinski definition) is 7. The Balaban J connectivity index is 1.78. The molecule has 0 aliphatic carbocycles. The highest BCUT2D eigenvalue weighted by molar-refractivity contribution is 6.51. The third-order valence-electron chi connectivity index (χ3n) is 6.06. The first-order valence-corrected chi connectivity index (χ1v) is 10.9. The monoisotopic (exact) mass is 470 g/mol. The number of ketones is 1. The second-order valence-corrected chi connectivity index (χ2v) is 8.13. The van der Waals surface area contributed by atoms with E-state index in [0.29, 0.717) is 28.4 Å². The Morgan fingerprint density at radius 1 is 0.971 bits per heavy atom. The highest BCUT2D eigenvalue weighted by atomic mass is 16.5. The lowest BCUT2D eigenvalue weighted by atomic mass is 9.93. The fraction of sp³-hybridized carbons (Fsp3) is 0.148. The predicted octanol–water partition coefficient (Wildman–Crippen LogP) is 4.78. The van der Waals surface area contributed by atoms with Gasteiger partial charge in [0.1, 0.15) is 29.1 Å². The Labute approximate surface area is 201 Å². The number of amides is 1. The van der Waals surface area contributed by atoms with Crippen molar-refractivity contribution in [3.8, 4) is 11.5 Å². The number of nitrogens with zero attached hydrogens (tertiary/aromatic N) is 2. The summed E-state index contributed by atoms with van der Waals surface area (Å²) in [6.07, 6.45) is 0. The van der Waals surface area contributed by atoms with Gasteiger partial charge in [-0.25, -0.2) is 0 Å². The number of ether oxygens (including phenoxy) is 2. The van der Waals surface area contributed by atoms with Gasteiger partial charge in [0.25, 0.3) is 5.78 Å². The minimum Gasteiger partial charge on any atom is -0.507 e. The Morgan fingerprint density at radius 3 is 2.43 bits per heavy atom. The lowest BCUT2D eigenvalue weighted by Gasteiger charge is -2.24. The first kappa shape index (κ1) is 22.2. The maximum absolute atomic E-state index is 13.4. The fourth-order valence-corrected chi connectivity index (χ4v) is 4.38. The molecule has 1 aliphatic rings. The molecular formula is C27H22N2O6. The molecule has 1 atom stereocenters. The van der Waals surface area contributed by atoms with Crippen LogP contribution in [0, 0.1) is 6.92 Å². The standard InChI is InChI=1S/C27H22N2O6/c1-15-12-22(28-35-15)29-24(20-14-19(33-2)10-11-21(20)34-3)23(26(31)27(29)32)25(30)18-9-8-16-6-4-5-7-17(16)13-18/h4-14,24,30H,1-3H3/t24-/m0/s1. The van der Waals surface area contributed by atoms with Crippen molar-refractivity contribution in [3.05, 3.63) is 89.2 Å². The summed E-state index contributed by atoms with van der Waals surface area (Å²) in [6.45, 7) is 1.68. The molecule has 1 aromatic heterocycles. The Kier molecular flexibility index (Phi) is 5.49. The van der Waals surface area contributed by atoms with E-state index in [1.54, 1.807) is 43.3 Å². The highest BCUT2D eigenvalue weighted by Crippen LogP contribution is 2.45. The van der Waals surface area contributed by atoms with Crippen LogP contribution in [-0.4, -0.2) is 36.2 Å². The predicted molar refractivity (Wildman–Crippen MR) is 130 cm³/mol. The number of rotatable bonds is 5. The van der Waals surface area contributed by atoms with Crippen molar-refractivity contribution < 1.29 is 28.7 Å². The maximum atomic E-state index is 13.4. The average molecular weight is 470 g/mol. The summed E-state index contributed by atoms with van der Waals surface area (Å²) >= 11 is 0. The molecule has 3 aromatic carbocycles. The van der Waals surface area contributed by atoms with E-state index in [-0.39, 0.29) is 17.2 Å². The van der Waals surface area contributed by atoms with E-state index < -0.39 is 17.7 Å². The molecule has 0 radical (unpaired) electrons. The van der Waals surface area contributed by atoms with Crippen LogP contribution in [0.3, 0.4) is 0 Å². The van der Waals surface area contributed by atoms with E-state index in [2.05, 4.69) is 5.16 Å². The molecule has 1 saturated heterocycles. The quantitative estimate of drug-likeness (QED) is 0.254. The summed E-state index contributed by atoms with van der Waals surface area (Å²) < 4.78 is 16.1. The molecule has 1 N–H and O–H groups in total. The van der Waals surface area contributed by atoms with Gasteiger partial charge in [0.05, 0.1) is 19.8 Å². The van der Waals surface area contributed by atoms with Crippen LogP contribution in [0.5, 0.6) is 11.5 Å². The van der Waals surface area contributed by atoms with Gasteiger partial charge in [0.2, 0.25) is 0 Å². The van der Waals surface area contributed by atoms with Crippen LogP contribution < -0.4 is 14.4 Å². The molecule has 0 spiro atoms. The SMILES string of the molecule is COc1ccc(OC)c([C@H]2C(=C(O)c3ccc4ccccc4c3)C(=O)C(=O)N2c2cc(C)on2)c1. The average Bonchev–Trinajstić information content (AvgIpc) is 3.42. The first-order valence-electron chi connectivity index (χ1n) is 10.9.